The van der Waals surface area contributed by atoms with Gasteiger partial charge in [-0.3, -0.25) is 14.6 Å². The van der Waals surface area contributed by atoms with Gasteiger partial charge in [0.1, 0.15) is 11.8 Å². The van der Waals surface area contributed by atoms with Crippen molar-refractivity contribution in [2.75, 3.05) is 0 Å². The number of pyridine rings is 1. The molecule has 1 aliphatic heterocycles. The fourth-order valence-electron chi connectivity index (χ4n) is 2.58. The van der Waals surface area contributed by atoms with E-state index in [1.54, 1.807) is 35.7 Å². The number of amides is 2. The predicted octanol–water partition coefficient (Wildman–Crippen LogP) is 1.48. The van der Waals surface area contributed by atoms with Crippen LogP contribution in [-0.2, 0) is 22.7 Å². The fraction of sp³-hybridized carbons (Fsp3) is 0.312. The highest BCUT2D eigenvalue weighted by Crippen LogP contribution is 2.22. The first kappa shape index (κ1) is 14.3. The quantitative estimate of drug-likeness (QED) is 0.907. The number of nitrogens with zero attached hydrogens (tertiary/aromatic N) is 2. The molecular weight excluding hydrogens is 282 g/mol. The van der Waals surface area contributed by atoms with Crippen molar-refractivity contribution in [3.63, 3.8) is 0 Å². The fourth-order valence-corrected chi connectivity index (χ4v) is 2.58. The molecule has 1 N–H and O–H groups in total. The standard InChI is InChI=1S/C16H17N3O3/c20-15-6-5-14(19(15)11-13-4-2-8-22-13)16(21)18-10-12-3-1-7-17-9-12/h1-4,7-9,14H,5-6,10-11H2,(H,18,21)/t14-/m1/s1. The van der Waals surface area contributed by atoms with E-state index in [1.807, 2.05) is 12.1 Å². The summed E-state index contributed by atoms with van der Waals surface area (Å²) in [6, 6.07) is 6.86. The van der Waals surface area contributed by atoms with Gasteiger partial charge in [-0.15, -0.1) is 0 Å². The molecule has 2 amide bonds. The largest absolute Gasteiger partial charge is 0.467 e. The second-order valence-electron chi connectivity index (χ2n) is 5.23. The van der Waals surface area contributed by atoms with Crippen molar-refractivity contribution in [1.82, 2.24) is 15.2 Å². The molecule has 22 heavy (non-hydrogen) atoms. The molecule has 0 radical (unpaired) electrons. The van der Waals surface area contributed by atoms with E-state index in [2.05, 4.69) is 10.3 Å². The number of aromatic nitrogens is 1. The molecule has 0 aromatic carbocycles. The van der Waals surface area contributed by atoms with Crippen molar-refractivity contribution < 1.29 is 14.0 Å². The van der Waals surface area contributed by atoms with E-state index >= 15 is 0 Å². The Morgan fingerprint density at radius 3 is 3.05 bits per heavy atom. The first-order valence-corrected chi connectivity index (χ1v) is 7.22. The van der Waals surface area contributed by atoms with Gasteiger partial charge in [0.05, 0.1) is 12.8 Å². The third kappa shape index (κ3) is 3.16. The van der Waals surface area contributed by atoms with Gasteiger partial charge in [-0.1, -0.05) is 6.07 Å². The zero-order valence-corrected chi connectivity index (χ0v) is 12.1. The molecule has 2 aromatic heterocycles. The Balaban J connectivity index is 1.61. The third-order valence-corrected chi connectivity index (χ3v) is 3.73. The van der Waals surface area contributed by atoms with Crippen molar-refractivity contribution in [3.05, 3.63) is 54.2 Å². The Morgan fingerprint density at radius 1 is 1.41 bits per heavy atom. The van der Waals surface area contributed by atoms with Crippen LogP contribution in [0.25, 0.3) is 0 Å². The number of furan rings is 1. The van der Waals surface area contributed by atoms with Crippen molar-refractivity contribution in [1.29, 1.82) is 0 Å². The van der Waals surface area contributed by atoms with Gasteiger partial charge in [-0.2, -0.15) is 0 Å². The number of carbonyl (C=O) groups is 2. The van der Waals surface area contributed by atoms with Crippen molar-refractivity contribution in [3.8, 4) is 0 Å². The summed E-state index contributed by atoms with van der Waals surface area (Å²) in [7, 11) is 0. The lowest BCUT2D eigenvalue weighted by molar-refractivity contribution is -0.136. The Bertz CT molecular complexity index is 640. The molecule has 0 unspecified atom stereocenters. The highest BCUT2D eigenvalue weighted by molar-refractivity contribution is 5.90. The summed E-state index contributed by atoms with van der Waals surface area (Å²) in [6.45, 7) is 0.739. The minimum Gasteiger partial charge on any atom is -0.467 e. The second kappa shape index (κ2) is 6.43. The van der Waals surface area contributed by atoms with E-state index in [4.69, 9.17) is 4.42 Å². The van der Waals surface area contributed by atoms with E-state index in [9.17, 15) is 9.59 Å². The van der Waals surface area contributed by atoms with Crippen LogP contribution in [0.4, 0.5) is 0 Å². The summed E-state index contributed by atoms with van der Waals surface area (Å²) in [5.41, 5.74) is 0.928. The van der Waals surface area contributed by atoms with E-state index in [0.29, 0.717) is 31.7 Å². The zero-order chi connectivity index (χ0) is 15.4. The molecule has 3 rings (SSSR count). The van der Waals surface area contributed by atoms with Gasteiger partial charge >= 0.3 is 0 Å². The Kier molecular flexibility index (Phi) is 4.18. The number of rotatable bonds is 5. The van der Waals surface area contributed by atoms with Gasteiger partial charge in [0.15, 0.2) is 0 Å². The summed E-state index contributed by atoms with van der Waals surface area (Å²) in [6.07, 6.45) is 5.89. The molecule has 6 heteroatoms. The molecule has 2 aromatic rings. The van der Waals surface area contributed by atoms with Crippen LogP contribution in [0, 0.1) is 0 Å². The summed E-state index contributed by atoms with van der Waals surface area (Å²) in [4.78, 5) is 29.9. The van der Waals surface area contributed by atoms with E-state index in [-0.39, 0.29) is 11.8 Å². The average molecular weight is 299 g/mol. The molecule has 0 spiro atoms. The Hall–Kier alpha value is -2.63. The Morgan fingerprint density at radius 2 is 2.32 bits per heavy atom. The maximum Gasteiger partial charge on any atom is 0.243 e. The van der Waals surface area contributed by atoms with Crippen LogP contribution < -0.4 is 5.32 Å². The number of likely N-dealkylation sites (tertiary alicyclic amines) is 1. The molecule has 1 fully saturated rings. The summed E-state index contributed by atoms with van der Waals surface area (Å²) in [5, 5.41) is 2.87. The van der Waals surface area contributed by atoms with Crippen LogP contribution in [0.3, 0.4) is 0 Å². The van der Waals surface area contributed by atoms with Crippen molar-refractivity contribution in [2.24, 2.45) is 0 Å². The topological polar surface area (TPSA) is 75.4 Å². The average Bonchev–Trinajstić information content (AvgIpc) is 3.17. The zero-order valence-electron chi connectivity index (χ0n) is 12.1. The summed E-state index contributed by atoms with van der Waals surface area (Å²) in [5.74, 6) is 0.527. The van der Waals surface area contributed by atoms with Gasteiger partial charge in [0, 0.05) is 25.4 Å². The second-order valence-corrected chi connectivity index (χ2v) is 5.23. The number of carbonyl (C=O) groups excluding carboxylic acids is 2. The van der Waals surface area contributed by atoms with Gasteiger partial charge in [-0.05, 0) is 30.2 Å². The van der Waals surface area contributed by atoms with Crippen LogP contribution >= 0.6 is 0 Å². The summed E-state index contributed by atoms with van der Waals surface area (Å²) >= 11 is 0. The van der Waals surface area contributed by atoms with Gasteiger partial charge in [-0.25, -0.2) is 0 Å². The van der Waals surface area contributed by atoms with Crippen molar-refractivity contribution in [2.45, 2.75) is 32.0 Å². The maximum absolute atomic E-state index is 12.3. The maximum atomic E-state index is 12.3. The number of hydrogen-bond donors (Lipinski definition) is 1. The van der Waals surface area contributed by atoms with Gasteiger partial charge in [0.2, 0.25) is 11.8 Å². The van der Waals surface area contributed by atoms with Gasteiger partial charge < -0.3 is 14.6 Å². The SMILES string of the molecule is O=C(NCc1cccnc1)[C@H]1CCC(=O)N1Cc1ccco1. The van der Waals surface area contributed by atoms with E-state index in [0.717, 1.165) is 5.56 Å². The molecule has 114 valence electrons. The summed E-state index contributed by atoms with van der Waals surface area (Å²) < 4.78 is 5.27. The van der Waals surface area contributed by atoms with Crippen molar-refractivity contribution >= 4 is 11.8 Å². The molecule has 3 heterocycles. The number of nitrogens with one attached hydrogen (secondary N) is 1. The lowest BCUT2D eigenvalue weighted by Crippen LogP contribution is -2.44. The molecule has 6 nitrogen and oxygen atoms in total. The molecule has 0 bridgehead atoms. The smallest absolute Gasteiger partial charge is 0.243 e. The van der Waals surface area contributed by atoms with Crippen LogP contribution in [0.1, 0.15) is 24.2 Å². The first-order chi connectivity index (χ1) is 10.7. The molecule has 0 aliphatic carbocycles. The van der Waals surface area contributed by atoms with Gasteiger partial charge in [0.25, 0.3) is 0 Å². The molecule has 1 atom stereocenters. The van der Waals surface area contributed by atoms with Crippen LogP contribution in [-0.4, -0.2) is 27.7 Å². The van der Waals surface area contributed by atoms with E-state index in [1.165, 1.54) is 0 Å². The monoisotopic (exact) mass is 299 g/mol. The van der Waals surface area contributed by atoms with Crippen LogP contribution in [0.2, 0.25) is 0 Å². The minimum absolute atomic E-state index is 0.0158. The Labute approximate surface area is 128 Å². The minimum atomic E-state index is -0.436. The van der Waals surface area contributed by atoms with Crippen LogP contribution in [0.15, 0.2) is 47.3 Å². The first-order valence-electron chi connectivity index (χ1n) is 7.22. The third-order valence-electron chi connectivity index (χ3n) is 3.73. The van der Waals surface area contributed by atoms with Crippen LogP contribution in [0.5, 0.6) is 0 Å². The lowest BCUT2D eigenvalue weighted by Gasteiger charge is -2.23. The molecular formula is C16H17N3O3. The normalized spacial score (nSPS) is 17.7. The highest BCUT2D eigenvalue weighted by Gasteiger charge is 2.36. The molecule has 1 saturated heterocycles. The predicted molar refractivity (Wildman–Crippen MR) is 78.4 cm³/mol. The molecule has 0 saturated carbocycles. The lowest BCUT2D eigenvalue weighted by atomic mass is 10.2. The molecule has 1 aliphatic rings. The van der Waals surface area contributed by atoms with E-state index < -0.39 is 6.04 Å². The highest BCUT2D eigenvalue weighted by atomic mass is 16.3. The number of hydrogen-bond acceptors (Lipinski definition) is 4.